The third-order valence-electron chi connectivity index (χ3n) is 1.53. The summed E-state index contributed by atoms with van der Waals surface area (Å²) in [7, 11) is 0. The van der Waals surface area contributed by atoms with Crippen LogP contribution in [0.15, 0.2) is 5.10 Å². The average Bonchev–Trinajstić information content (AvgIpc) is 2.21. The van der Waals surface area contributed by atoms with E-state index in [9.17, 15) is 35.9 Å². The van der Waals surface area contributed by atoms with Crippen molar-refractivity contribution >= 4 is 17.4 Å². The molecule has 5 nitrogen and oxygen atoms in total. The Bertz CT molecular complexity index is 431. The molecular formula is C8H5F6N3O2. The molecule has 1 amide bonds. The molecule has 0 aromatic rings. The van der Waals surface area contributed by atoms with Gasteiger partial charge in [-0.25, -0.2) is 5.43 Å². The highest BCUT2D eigenvalue weighted by Gasteiger charge is 2.45. The van der Waals surface area contributed by atoms with Crippen molar-refractivity contribution in [3.05, 3.63) is 0 Å². The van der Waals surface area contributed by atoms with Gasteiger partial charge in [0.25, 0.3) is 5.91 Å². The Morgan fingerprint density at radius 2 is 1.63 bits per heavy atom. The number of hydrazone groups is 1. The molecule has 0 spiro atoms. The smallest absolute Gasteiger partial charge is 0.289 e. The van der Waals surface area contributed by atoms with Crippen LogP contribution in [0.4, 0.5) is 26.3 Å². The lowest BCUT2D eigenvalue weighted by atomic mass is 10.2. The first-order chi connectivity index (χ1) is 8.48. The van der Waals surface area contributed by atoms with E-state index in [-0.39, 0.29) is 0 Å². The summed E-state index contributed by atoms with van der Waals surface area (Å²) in [5.41, 5.74) is -0.876. The van der Waals surface area contributed by atoms with Gasteiger partial charge < -0.3 is 0 Å². The second kappa shape index (κ2) is 6.17. The van der Waals surface area contributed by atoms with E-state index in [1.807, 2.05) is 0 Å². The molecule has 0 aliphatic carbocycles. The number of amides is 1. The summed E-state index contributed by atoms with van der Waals surface area (Å²) in [6, 6.07) is 1.29. The number of hydrogen-bond donors (Lipinski definition) is 1. The summed E-state index contributed by atoms with van der Waals surface area (Å²) in [5.74, 6) is -3.90. The number of Topliss-reactive ketones (excluding diaryl/α,β-unsaturated/α-hetero) is 1. The van der Waals surface area contributed by atoms with Crippen LogP contribution < -0.4 is 5.43 Å². The number of carbonyl (C=O) groups is 2. The molecule has 0 saturated carbocycles. The molecule has 0 unspecified atom stereocenters. The first-order valence-corrected chi connectivity index (χ1v) is 4.38. The molecule has 0 heterocycles. The first kappa shape index (κ1) is 16.9. The monoisotopic (exact) mass is 289 g/mol. The van der Waals surface area contributed by atoms with Gasteiger partial charge in [-0.05, 0) is 0 Å². The van der Waals surface area contributed by atoms with Crippen molar-refractivity contribution in [2.45, 2.75) is 25.2 Å². The van der Waals surface area contributed by atoms with E-state index in [0.29, 0.717) is 0 Å². The Morgan fingerprint density at radius 1 is 1.11 bits per heavy atom. The molecular weight excluding hydrogens is 284 g/mol. The molecule has 1 N–H and O–H groups in total. The highest BCUT2D eigenvalue weighted by atomic mass is 19.4. The quantitative estimate of drug-likeness (QED) is 0.483. The van der Waals surface area contributed by atoms with Crippen molar-refractivity contribution in [1.82, 2.24) is 5.43 Å². The van der Waals surface area contributed by atoms with Crippen molar-refractivity contribution in [2.75, 3.05) is 0 Å². The standard InChI is InChI=1S/C8H5F6N3O2/c9-7(10,11)4(3-5(18)8(12,13)14)16-17-6(19)1-2-15/h1,3H2,(H,17,19). The van der Waals surface area contributed by atoms with E-state index >= 15 is 0 Å². The fourth-order valence-corrected chi connectivity index (χ4v) is 0.697. The largest absolute Gasteiger partial charge is 0.450 e. The zero-order chi connectivity index (χ0) is 15.3. The van der Waals surface area contributed by atoms with Crippen LogP contribution in [0, 0.1) is 11.3 Å². The number of ketones is 1. The molecule has 106 valence electrons. The number of rotatable bonds is 4. The van der Waals surface area contributed by atoms with Gasteiger partial charge in [0.15, 0.2) is 0 Å². The summed E-state index contributed by atoms with van der Waals surface area (Å²) in [6.45, 7) is 0. The number of nitriles is 1. The number of nitrogens with zero attached hydrogens (tertiary/aromatic N) is 2. The number of carbonyl (C=O) groups excluding carboxylic acids is 2. The molecule has 0 radical (unpaired) electrons. The maximum absolute atomic E-state index is 12.2. The van der Waals surface area contributed by atoms with Crippen LogP contribution in [-0.4, -0.2) is 29.8 Å². The second-order valence-electron chi connectivity index (χ2n) is 3.02. The zero-order valence-electron chi connectivity index (χ0n) is 8.89. The van der Waals surface area contributed by atoms with E-state index in [1.165, 1.54) is 11.5 Å². The third kappa shape index (κ3) is 6.39. The van der Waals surface area contributed by atoms with Crippen molar-refractivity contribution in [3.63, 3.8) is 0 Å². The van der Waals surface area contributed by atoms with Crippen LogP contribution in [0.25, 0.3) is 0 Å². The second-order valence-corrected chi connectivity index (χ2v) is 3.02. The number of alkyl halides is 6. The number of hydrogen-bond acceptors (Lipinski definition) is 4. The van der Waals surface area contributed by atoms with Crippen molar-refractivity contribution in [2.24, 2.45) is 5.10 Å². The van der Waals surface area contributed by atoms with Crippen LogP contribution in [0.1, 0.15) is 12.8 Å². The Balaban J connectivity index is 4.96. The summed E-state index contributed by atoms with van der Waals surface area (Å²) < 4.78 is 72.2. The van der Waals surface area contributed by atoms with Crippen LogP contribution in [0.5, 0.6) is 0 Å². The highest BCUT2D eigenvalue weighted by Crippen LogP contribution is 2.24. The van der Waals surface area contributed by atoms with Crippen molar-refractivity contribution in [1.29, 1.82) is 5.26 Å². The third-order valence-corrected chi connectivity index (χ3v) is 1.53. The summed E-state index contributed by atoms with van der Waals surface area (Å²) in [5, 5.41) is 10.4. The lowest BCUT2D eigenvalue weighted by molar-refractivity contribution is -0.170. The van der Waals surface area contributed by atoms with E-state index < -0.39 is 42.6 Å². The predicted molar refractivity (Wildman–Crippen MR) is 47.5 cm³/mol. The minimum atomic E-state index is -5.44. The predicted octanol–water partition coefficient (Wildman–Crippen LogP) is 1.46. The number of halogens is 6. The lowest BCUT2D eigenvalue weighted by Gasteiger charge is -2.11. The van der Waals surface area contributed by atoms with Gasteiger partial charge in [-0.3, -0.25) is 9.59 Å². The highest BCUT2D eigenvalue weighted by molar-refractivity contribution is 6.06. The van der Waals surface area contributed by atoms with Gasteiger partial charge >= 0.3 is 12.4 Å². The van der Waals surface area contributed by atoms with Crippen molar-refractivity contribution in [3.8, 4) is 6.07 Å². The Labute approximate surface area is 101 Å². The first-order valence-electron chi connectivity index (χ1n) is 4.38. The Morgan fingerprint density at radius 3 is 2.00 bits per heavy atom. The van der Waals surface area contributed by atoms with Gasteiger partial charge in [0, 0.05) is 0 Å². The van der Waals surface area contributed by atoms with Gasteiger partial charge in [0.05, 0.1) is 12.5 Å². The molecule has 0 saturated heterocycles. The Kier molecular flexibility index (Phi) is 5.48. The molecule has 0 rings (SSSR count). The van der Waals surface area contributed by atoms with E-state index in [4.69, 9.17) is 5.26 Å². The molecule has 0 aliphatic rings. The SMILES string of the molecule is N#CCC(=O)NN=C(CC(=O)C(F)(F)F)C(F)(F)F. The van der Waals surface area contributed by atoms with Crippen LogP contribution in [0.2, 0.25) is 0 Å². The summed E-state index contributed by atoms with van der Waals surface area (Å²) in [6.07, 6.45) is -13.6. The average molecular weight is 289 g/mol. The van der Waals surface area contributed by atoms with Crippen LogP contribution in [-0.2, 0) is 9.59 Å². The molecule has 0 bridgehead atoms. The molecule has 0 fully saturated rings. The lowest BCUT2D eigenvalue weighted by Crippen LogP contribution is -2.34. The van der Waals surface area contributed by atoms with Gasteiger partial charge in [-0.2, -0.15) is 36.7 Å². The molecule has 11 heteroatoms. The fraction of sp³-hybridized carbons (Fsp3) is 0.500. The van der Waals surface area contributed by atoms with Gasteiger partial charge in [-0.1, -0.05) is 0 Å². The van der Waals surface area contributed by atoms with E-state index in [1.54, 1.807) is 0 Å². The van der Waals surface area contributed by atoms with Crippen LogP contribution in [0.3, 0.4) is 0 Å². The van der Waals surface area contributed by atoms with Gasteiger partial charge in [-0.15, -0.1) is 0 Å². The Hall–Kier alpha value is -2.12. The fourth-order valence-electron chi connectivity index (χ4n) is 0.697. The van der Waals surface area contributed by atoms with Gasteiger partial charge in [0.2, 0.25) is 5.78 Å². The minimum absolute atomic E-state index is 0.831. The topological polar surface area (TPSA) is 82.3 Å². The zero-order valence-corrected chi connectivity index (χ0v) is 8.89. The summed E-state index contributed by atoms with van der Waals surface area (Å²) in [4.78, 5) is 21.1. The maximum Gasteiger partial charge on any atom is 0.450 e. The van der Waals surface area contributed by atoms with E-state index in [2.05, 4.69) is 5.10 Å². The number of nitrogens with one attached hydrogen (secondary N) is 1. The summed E-state index contributed by atoms with van der Waals surface area (Å²) >= 11 is 0. The minimum Gasteiger partial charge on any atom is -0.289 e. The normalized spacial score (nSPS) is 12.8. The van der Waals surface area contributed by atoms with Crippen molar-refractivity contribution < 1.29 is 35.9 Å². The molecule has 0 aromatic heterocycles. The van der Waals surface area contributed by atoms with E-state index in [0.717, 1.165) is 0 Å². The van der Waals surface area contributed by atoms with Crippen LogP contribution >= 0.6 is 0 Å². The molecule has 0 aromatic carbocycles. The molecule has 0 atom stereocenters. The molecule has 19 heavy (non-hydrogen) atoms. The van der Waals surface area contributed by atoms with Gasteiger partial charge in [0.1, 0.15) is 12.1 Å². The maximum atomic E-state index is 12.2. The molecule has 0 aliphatic heterocycles.